The van der Waals surface area contributed by atoms with E-state index in [0.29, 0.717) is 13.0 Å². The average molecular weight is 281 g/mol. The number of hydrogen-bond acceptors (Lipinski definition) is 1. The lowest BCUT2D eigenvalue weighted by molar-refractivity contribution is -0.138. The van der Waals surface area contributed by atoms with Crippen molar-refractivity contribution in [1.82, 2.24) is 0 Å². The summed E-state index contributed by atoms with van der Waals surface area (Å²) >= 11 is 6.05. The van der Waals surface area contributed by atoms with Gasteiger partial charge in [-0.25, -0.2) is 0 Å². The lowest BCUT2D eigenvalue weighted by Crippen LogP contribution is -2.13. The molecule has 0 aromatic heterocycles. The molecule has 0 aliphatic carbocycles. The molecule has 1 aromatic carbocycles. The Balaban J connectivity index is 2.66. The van der Waals surface area contributed by atoms with Crippen molar-refractivity contribution in [2.75, 3.05) is 13.7 Å². The molecule has 0 radical (unpaired) electrons. The molecule has 0 bridgehead atoms. The van der Waals surface area contributed by atoms with E-state index in [1.54, 1.807) is 13.2 Å². The van der Waals surface area contributed by atoms with Gasteiger partial charge in [0.1, 0.15) is 0 Å². The molecule has 0 saturated heterocycles. The average Bonchev–Trinajstić information content (AvgIpc) is 2.28. The van der Waals surface area contributed by atoms with E-state index in [0.717, 1.165) is 12.5 Å². The summed E-state index contributed by atoms with van der Waals surface area (Å²) in [4.78, 5) is 0. The Morgan fingerprint density at radius 1 is 1.28 bits per heavy atom. The van der Waals surface area contributed by atoms with E-state index in [1.165, 1.54) is 12.1 Å². The van der Waals surface area contributed by atoms with Crippen LogP contribution >= 0.6 is 11.6 Å². The molecule has 0 amide bonds. The lowest BCUT2D eigenvalue weighted by atomic mass is 10.0. The minimum absolute atomic E-state index is 0.223. The number of rotatable bonds is 6. The van der Waals surface area contributed by atoms with E-state index in [9.17, 15) is 13.2 Å². The molecule has 0 aliphatic rings. The van der Waals surface area contributed by atoms with Gasteiger partial charge >= 0.3 is 6.18 Å². The van der Waals surface area contributed by atoms with Crippen molar-refractivity contribution in [2.45, 2.75) is 30.8 Å². The second-order valence-corrected chi connectivity index (χ2v) is 4.71. The van der Waals surface area contributed by atoms with Gasteiger partial charge in [0.25, 0.3) is 0 Å². The molecule has 0 N–H and O–H groups in total. The van der Waals surface area contributed by atoms with Crippen LogP contribution in [0.5, 0.6) is 0 Å². The smallest absolute Gasteiger partial charge is 0.385 e. The van der Waals surface area contributed by atoms with Gasteiger partial charge in [0.15, 0.2) is 0 Å². The summed E-state index contributed by atoms with van der Waals surface area (Å²) in [6.45, 7) is 0.574. The Hall–Kier alpha value is -0.740. The summed E-state index contributed by atoms with van der Waals surface area (Å²) in [7, 11) is 1.59. The molecular weight excluding hydrogens is 265 g/mol. The van der Waals surface area contributed by atoms with Crippen LogP contribution in [-0.2, 0) is 17.3 Å². The standard InChI is InChI=1S/C13H16ClF3O/c1-18-8-4-6-11(14)9-10-5-2-3-7-12(10)13(15,16)17/h2-3,5,7,11H,4,6,8-9H2,1H3. The number of halogens is 4. The first-order valence-corrected chi connectivity index (χ1v) is 6.17. The highest BCUT2D eigenvalue weighted by molar-refractivity contribution is 6.20. The molecule has 1 nitrogen and oxygen atoms in total. The molecule has 0 saturated carbocycles. The van der Waals surface area contributed by atoms with Gasteiger partial charge in [-0.3, -0.25) is 0 Å². The van der Waals surface area contributed by atoms with Crippen LogP contribution in [-0.4, -0.2) is 19.1 Å². The molecule has 0 spiro atoms. The van der Waals surface area contributed by atoms with Gasteiger partial charge in [0.05, 0.1) is 5.56 Å². The Morgan fingerprint density at radius 2 is 1.94 bits per heavy atom. The minimum Gasteiger partial charge on any atom is -0.385 e. The number of benzene rings is 1. The highest BCUT2D eigenvalue weighted by atomic mass is 35.5. The number of methoxy groups -OCH3 is 1. The van der Waals surface area contributed by atoms with Crippen LogP contribution in [0.2, 0.25) is 0 Å². The monoisotopic (exact) mass is 280 g/mol. The fourth-order valence-corrected chi connectivity index (χ4v) is 2.09. The van der Waals surface area contributed by atoms with Crippen molar-refractivity contribution in [1.29, 1.82) is 0 Å². The highest BCUT2D eigenvalue weighted by Crippen LogP contribution is 2.33. The fourth-order valence-electron chi connectivity index (χ4n) is 1.76. The summed E-state index contributed by atoms with van der Waals surface area (Å²) < 4.78 is 43.1. The van der Waals surface area contributed by atoms with Crippen LogP contribution in [0.1, 0.15) is 24.0 Å². The van der Waals surface area contributed by atoms with Crippen LogP contribution in [0, 0.1) is 0 Å². The van der Waals surface area contributed by atoms with Crippen molar-refractivity contribution in [2.24, 2.45) is 0 Å². The minimum atomic E-state index is -4.32. The first-order valence-electron chi connectivity index (χ1n) is 5.73. The van der Waals surface area contributed by atoms with Crippen molar-refractivity contribution < 1.29 is 17.9 Å². The van der Waals surface area contributed by atoms with Gasteiger partial charge < -0.3 is 4.74 Å². The van der Waals surface area contributed by atoms with Gasteiger partial charge in [0.2, 0.25) is 0 Å². The van der Waals surface area contributed by atoms with Crippen molar-refractivity contribution in [3.63, 3.8) is 0 Å². The Morgan fingerprint density at radius 3 is 2.56 bits per heavy atom. The van der Waals surface area contributed by atoms with E-state index in [1.807, 2.05) is 0 Å². The Labute approximate surface area is 110 Å². The van der Waals surface area contributed by atoms with E-state index in [2.05, 4.69) is 0 Å². The second kappa shape index (κ2) is 7.00. The molecule has 0 aliphatic heterocycles. The zero-order valence-corrected chi connectivity index (χ0v) is 10.9. The number of alkyl halides is 4. The molecule has 102 valence electrons. The van der Waals surface area contributed by atoms with Crippen LogP contribution in [0.4, 0.5) is 13.2 Å². The third-order valence-electron chi connectivity index (χ3n) is 2.63. The molecule has 0 heterocycles. The maximum Gasteiger partial charge on any atom is 0.416 e. The molecule has 18 heavy (non-hydrogen) atoms. The van der Waals surface area contributed by atoms with E-state index < -0.39 is 11.7 Å². The van der Waals surface area contributed by atoms with Gasteiger partial charge in [0, 0.05) is 19.1 Å². The van der Waals surface area contributed by atoms with E-state index >= 15 is 0 Å². The van der Waals surface area contributed by atoms with Gasteiger partial charge in [-0.15, -0.1) is 11.6 Å². The predicted molar refractivity (Wildman–Crippen MR) is 65.9 cm³/mol. The normalized spacial score (nSPS) is 13.6. The maximum atomic E-state index is 12.7. The Bertz CT molecular complexity index is 365. The van der Waals surface area contributed by atoms with Crippen molar-refractivity contribution in [3.8, 4) is 0 Å². The van der Waals surface area contributed by atoms with Gasteiger partial charge in [-0.1, -0.05) is 18.2 Å². The second-order valence-electron chi connectivity index (χ2n) is 4.09. The predicted octanol–water partition coefficient (Wildman–Crippen LogP) is 4.28. The third-order valence-corrected chi connectivity index (χ3v) is 3.00. The first-order chi connectivity index (χ1) is 8.45. The number of ether oxygens (including phenoxy) is 1. The van der Waals surface area contributed by atoms with Crippen molar-refractivity contribution in [3.05, 3.63) is 35.4 Å². The lowest BCUT2D eigenvalue weighted by Gasteiger charge is -2.15. The van der Waals surface area contributed by atoms with E-state index in [-0.39, 0.29) is 17.4 Å². The summed E-state index contributed by atoms with van der Waals surface area (Å²) in [5.74, 6) is 0. The third kappa shape index (κ3) is 4.86. The molecule has 1 aromatic rings. The molecule has 5 heteroatoms. The first kappa shape index (κ1) is 15.3. The molecule has 1 unspecified atom stereocenters. The van der Waals surface area contributed by atoms with Crippen LogP contribution in [0.15, 0.2) is 24.3 Å². The quantitative estimate of drug-likeness (QED) is 0.558. The fraction of sp³-hybridized carbons (Fsp3) is 0.538. The summed E-state index contributed by atoms with van der Waals surface area (Å²) in [6.07, 6.45) is -2.71. The molecule has 0 fully saturated rings. The summed E-state index contributed by atoms with van der Waals surface area (Å²) in [5.41, 5.74) is -0.343. The SMILES string of the molecule is COCCCC(Cl)Cc1ccccc1C(F)(F)F. The van der Waals surface area contributed by atoms with E-state index in [4.69, 9.17) is 16.3 Å². The molecule has 1 atom stereocenters. The number of hydrogen-bond donors (Lipinski definition) is 0. The zero-order valence-electron chi connectivity index (χ0n) is 10.1. The van der Waals surface area contributed by atoms with Crippen molar-refractivity contribution >= 4 is 11.6 Å². The van der Waals surface area contributed by atoms with Gasteiger partial charge in [-0.05, 0) is 30.9 Å². The Kier molecular flexibility index (Phi) is 5.96. The van der Waals surface area contributed by atoms with Crippen LogP contribution < -0.4 is 0 Å². The molecule has 1 rings (SSSR count). The zero-order chi connectivity index (χ0) is 13.6. The maximum absolute atomic E-state index is 12.7. The van der Waals surface area contributed by atoms with Crippen LogP contribution in [0.3, 0.4) is 0 Å². The van der Waals surface area contributed by atoms with Gasteiger partial charge in [-0.2, -0.15) is 13.2 Å². The molecular formula is C13H16ClF3O. The topological polar surface area (TPSA) is 9.23 Å². The highest BCUT2D eigenvalue weighted by Gasteiger charge is 2.33. The summed E-state index contributed by atoms with van der Waals surface area (Å²) in [5, 5.41) is -0.302. The largest absolute Gasteiger partial charge is 0.416 e. The van der Waals surface area contributed by atoms with Crippen LogP contribution in [0.25, 0.3) is 0 Å². The summed E-state index contributed by atoms with van der Waals surface area (Å²) in [6, 6.07) is 5.56.